The molecule has 0 spiro atoms. The molecule has 1 N–H and O–H groups in total. The number of anilines is 1. The average molecular weight is 458 g/mol. The number of imidazole rings is 1. The molecule has 10 heteroatoms. The molecule has 0 saturated carbocycles. The molecule has 2 aromatic heterocycles. The van der Waals surface area contributed by atoms with E-state index >= 15 is 0 Å². The third-order valence-corrected chi connectivity index (χ3v) is 5.69. The highest BCUT2D eigenvalue weighted by Crippen LogP contribution is 2.33. The number of carbonyl (C=O) groups excluding carboxylic acids is 1. The Labute approximate surface area is 185 Å². The number of thiazole rings is 1. The van der Waals surface area contributed by atoms with Crippen molar-refractivity contribution in [1.29, 1.82) is 0 Å². The summed E-state index contributed by atoms with van der Waals surface area (Å²) in [5, 5.41) is 4.70. The van der Waals surface area contributed by atoms with E-state index in [4.69, 9.17) is 0 Å². The van der Waals surface area contributed by atoms with Crippen LogP contribution in [0.4, 0.5) is 13.9 Å². The Morgan fingerprint density at radius 1 is 1.12 bits per heavy atom. The Morgan fingerprint density at radius 3 is 2.53 bits per heavy atom. The van der Waals surface area contributed by atoms with Crippen molar-refractivity contribution in [2.45, 2.75) is 33.0 Å². The second-order valence-electron chi connectivity index (χ2n) is 6.88. The van der Waals surface area contributed by atoms with E-state index in [1.807, 2.05) is 31.2 Å². The topological polar surface area (TPSA) is 78.2 Å². The molecule has 7 nitrogen and oxygen atoms in total. The first-order valence-corrected chi connectivity index (χ1v) is 10.8. The van der Waals surface area contributed by atoms with Crippen molar-refractivity contribution in [3.63, 3.8) is 0 Å². The van der Waals surface area contributed by atoms with Crippen LogP contribution < -0.4 is 15.7 Å². The molecule has 0 radical (unpaired) electrons. The summed E-state index contributed by atoms with van der Waals surface area (Å²) in [4.78, 5) is 29.5. The maximum atomic E-state index is 12.7. The fourth-order valence-electron chi connectivity index (χ4n) is 3.52. The monoisotopic (exact) mass is 458 g/mol. The number of aromatic nitrogens is 3. The molecule has 32 heavy (non-hydrogen) atoms. The number of benzene rings is 2. The van der Waals surface area contributed by atoms with Gasteiger partial charge in [0.2, 0.25) is 5.91 Å². The molecule has 1 amide bonds. The fraction of sp³-hybridized carbons (Fsp3) is 0.227. The van der Waals surface area contributed by atoms with Gasteiger partial charge in [-0.15, -0.1) is 11.3 Å². The summed E-state index contributed by atoms with van der Waals surface area (Å²) >= 11 is 1.18. The number of para-hydroxylation sites is 3. The van der Waals surface area contributed by atoms with Crippen LogP contribution in [0.15, 0.2) is 58.7 Å². The summed E-state index contributed by atoms with van der Waals surface area (Å²) in [5.41, 5.74) is 2.27. The van der Waals surface area contributed by atoms with Gasteiger partial charge in [0.1, 0.15) is 5.75 Å². The molecule has 2 aromatic carbocycles. The highest BCUT2D eigenvalue weighted by atomic mass is 32.1. The summed E-state index contributed by atoms with van der Waals surface area (Å²) in [6.45, 7) is -0.287. The van der Waals surface area contributed by atoms with Gasteiger partial charge >= 0.3 is 12.3 Å². The maximum Gasteiger partial charge on any atom is 0.387 e. The number of hydrogen-bond acceptors (Lipinski definition) is 5. The fourth-order valence-corrected chi connectivity index (χ4v) is 4.25. The van der Waals surface area contributed by atoms with Gasteiger partial charge in [0.25, 0.3) is 0 Å². The third kappa shape index (κ3) is 4.40. The van der Waals surface area contributed by atoms with E-state index in [2.05, 4.69) is 15.0 Å². The standard InChI is InChI=1S/C22H20F2N4O3S/c1-2-27-16-8-4-5-9-17(16)28(22(27)30)12-11-19(29)26-21-25-15(13-32-21)14-7-3-6-10-18(14)31-20(23)24/h3-10,13,20H,2,11-12H2,1H3,(H,25,26,29). The Bertz CT molecular complexity index is 1310. The minimum Gasteiger partial charge on any atom is -0.434 e. The van der Waals surface area contributed by atoms with Crippen LogP contribution in [0.25, 0.3) is 22.3 Å². The van der Waals surface area contributed by atoms with Gasteiger partial charge in [-0.2, -0.15) is 8.78 Å². The second-order valence-corrected chi connectivity index (χ2v) is 7.74. The molecule has 0 atom stereocenters. The van der Waals surface area contributed by atoms with E-state index in [0.717, 1.165) is 11.0 Å². The summed E-state index contributed by atoms with van der Waals surface area (Å²) < 4.78 is 33.1. The average Bonchev–Trinajstić information content (AvgIpc) is 3.33. The number of ether oxygens (including phenoxy) is 1. The van der Waals surface area contributed by atoms with Gasteiger partial charge in [0.05, 0.1) is 16.7 Å². The van der Waals surface area contributed by atoms with Gasteiger partial charge < -0.3 is 10.1 Å². The van der Waals surface area contributed by atoms with E-state index in [1.54, 1.807) is 32.7 Å². The number of aryl methyl sites for hydroxylation is 2. The molecule has 0 unspecified atom stereocenters. The first-order chi connectivity index (χ1) is 15.5. The lowest BCUT2D eigenvalue weighted by atomic mass is 10.1. The molecular weight excluding hydrogens is 438 g/mol. The van der Waals surface area contributed by atoms with Crippen LogP contribution >= 0.6 is 11.3 Å². The number of nitrogens with zero attached hydrogens (tertiary/aromatic N) is 3. The molecule has 0 bridgehead atoms. The molecule has 166 valence electrons. The van der Waals surface area contributed by atoms with Crippen molar-refractivity contribution in [2.75, 3.05) is 5.32 Å². The first kappa shape index (κ1) is 21.7. The lowest BCUT2D eigenvalue weighted by molar-refractivity contribution is -0.116. The number of fused-ring (bicyclic) bond motifs is 1. The minimum absolute atomic E-state index is 0.0114. The van der Waals surface area contributed by atoms with Crippen molar-refractivity contribution < 1.29 is 18.3 Å². The Kier molecular flexibility index (Phi) is 6.31. The van der Waals surface area contributed by atoms with Crippen LogP contribution in [0.2, 0.25) is 0 Å². The smallest absolute Gasteiger partial charge is 0.387 e. The molecule has 0 aliphatic heterocycles. The van der Waals surface area contributed by atoms with Crippen LogP contribution in [0.1, 0.15) is 13.3 Å². The lowest BCUT2D eigenvalue weighted by Crippen LogP contribution is -2.25. The zero-order chi connectivity index (χ0) is 22.7. The zero-order valence-electron chi connectivity index (χ0n) is 17.1. The summed E-state index contributed by atoms with van der Waals surface area (Å²) in [7, 11) is 0. The predicted octanol–water partition coefficient (Wildman–Crippen LogP) is 4.58. The summed E-state index contributed by atoms with van der Waals surface area (Å²) in [6.07, 6.45) is 0.0810. The quantitative estimate of drug-likeness (QED) is 0.419. The number of alkyl halides is 2. The first-order valence-electron chi connectivity index (χ1n) is 9.95. The Balaban J connectivity index is 1.46. The number of hydrogen-bond donors (Lipinski definition) is 1. The van der Waals surface area contributed by atoms with Crippen molar-refractivity contribution in [2.24, 2.45) is 0 Å². The van der Waals surface area contributed by atoms with Crippen molar-refractivity contribution in [3.8, 4) is 17.0 Å². The molecule has 4 rings (SSSR count). The van der Waals surface area contributed by atoms with E-state index in [1.165, 1.54) is 17.4 Å². The van der Waals surface area contributed by atoms with Gasteiger partial charge in [-0.1, -0.05) is 24.3 Å². The van der Waals surface area contributed by atoms with Gasteiger partial charge in [-0.3, -0.25) is 13.9 Å². The normalized spacial score (nSPS) is 11.2. The van der Waals surface area contributed by atoms with E-state index in [9.17, 15) is 18.4 Å². The molecule has 0 aliphatic rings. The van der Waals surface area contributed by atoms with E-state index < -0.39 is 6.61 Å². The van der Waals surface area contributed by atoms with Crippen LogP contribution in [0, 0.1) is 0 Å². The largest absolute Gasteiger partial charge is 0.434 e. The minimum atomic E-state index is -2.95. The van der Waals surface area contributed by atoms with Gasteiger partial charge in [-0.25, -0.2) is 9.78 Å². The van der Waals surface area contributed by atoms with Crippen LogP contribution in [0.5, 0.6) is 5.75 Å². The molecule has 4 aromatic rings. The SMILES string of the molecule is CCn1c(=O)n(CCC(=O)Nc2nc(-c3ccccc3OC(F)F)cs2)c2ccccc21. The van der Waals surface area contributed by atoms with E-state index in [0.29, 0.717) is 22.9 Å². The van der Waals surface area contributed by atoms with Gasteiger partial charge in [0.15, 0.2) is 5.13 Å². The number of nitrogens with one attached hydrogen (secondary N) is 1. The van der Waals surface area contributed by atoms with Crippen LogP contribution in [-0.4, -0.2) is 26.6 Å². The number of carbonyl (C=O) groups is 1. The van der Waals surface area contributed by atoms with Crippen molar-refractivity contribution in [3.05, 3.63) is 64.4 Å². The number of amides is 1. The molecular formula is C22H20F2N4O3S. The predicted molar refractivity (Wildman–Crippen MR) is 119 cm³/mol. The van der Waals surface area contributed by atoms with Crippen LogP contribution in [0.3, 0.4) is 0 Å². The highest BCUT2D eigenvalue weighted by Gasteiger charge is 2.16. The lowest BCUT2D eigenvalue weighted by Gasteiger charge is -2.08. The Hall–Kier alpha value is -3.53. The third-order valence-electron chi connectivity index (χ3n) is 4.93. The number of rotatable bonds is 8. The Morgan fingerprint density at radius 2 is 1.81 bits per heavy atom. The molecule has 0 saturated heterocycles. The van der Waals surface area contributed by atoms with Crippen molar-refractivity contribution in [1.82, 2.24) is 14.1 Å². The second kappa shape index (κ2) is 9.31. The van der Waals surface area contributed by atoms with Crippen molar-refractivity contribution >= 4 is 33.4 Å². The molecule has 0 fully saturated rings. The zero-order valence-corrected chi connectivity index (χ0v) is 17.9. The van der Waals surface area contributed by atoms with Gasteiger partial charge in [-0.05, 0) is 31.2 Å². The van der Waals surface area contributed by atoms with E-state index in [-0.39, 0.29) is 30.3 Å². The molecule has 0 aliphatic carbocycles. The summed E-state index contributed by atoms with van der Waals surface area (Å²) in [6, 6.07) is 13.8. The van der Waals surface area contributed by atoms with Crippen LogP contribution in [-0.2, 0) is 17.9 Å². The van der Waals surface area contributed by atoms with Gasteiger partial charge in [0, 0.05) is 30.5 Å². The molecule has 2 heterocycles. The number of halogens is 2. The maximum absolute atomic E-state index is 12.7. The summed E-state index contributed by atoms with van der Waals surface area (Å²) in [5.74, 6) is -0.291. The highest BCUT2D eigenvalue weighted by molar-refractivity contribution is 7.14.